The van der Waals surface area contributed by atoms with Crippen molar-refractivity contribution in [3.63, 3.8) is 0 Å². The number of halogens is 1. The maximum absolute atomic E-state index is 13.1. The van der Waals surface area contributed by atoms with Crippen LogP contribution in [0.25, 0.3) is 0 Å². The quantitative estimate of drug-likeness (QED) is 0.892. The molecular formula is C14H19FN2O. The molecule has 0 saturated carbocycles. The van der Waals surface area contributed by atoms with Crippen molar-refractivity contribution in [2.24, 2.45) is 11.7 Å². The van der Waals surface area contributed by atoms with Crippen LogP contribution in [0, 0.1) is 11.7 Å². The molecule has 1 fully saturated rings. The number of hydrogen-bond donors (Lipinski definition) is 1. The maximum atomic E-state index is 13.1. The molecule has 18 heavy (non-hydrogen) atoms. The summed E-state index contributed by atoms with van der Waals surface area (Å²) in [5.41, 5.74) is 6.78. The number of nitrogens with zero attached hydrogens (tertiary/aromatic N) is 1. The Labute approximate surface area is 107 Å². The first-order valence-corrected chi connectivity index (χ1v) is 6.38. The third-order valence-electron chi connectivity index (χ3n) is 3.49. The van der Waals surface area contributed by atoms with Crippen molar-refractivity contribution < 1.29 is 9.18 Å². The molecule has 1 aromatic rings. The fraction of sp³-hybridized carbons (Fsp3) is 0.500. The molecule has 1 aliphatic heterocycles. The molecule has 0 bridgehead atoms. The highest BCUT2D eigenvalue weighted by Crippen LogP contribution is 2.20. The number of piperidine rings is 1. The Hall–Kier alpha value is -1.42. The minimum Gasteiger partial charge on any atom is -0.341 e. The molecule has 0 aromatic heterocycles. The first-order chi connectivity index (χ1) is 8.58. The van der Waals surface area contributed by atoms with Gasteiger partial charge in [0.15, 0.2) is 0 Å². The Morgan fingerprint density at radius 3 is 3.06 bits per heavy atom. The summed E-state index contributed by atoms with van der Waals surface area (Å²) in [4.78, 5) is 13.8. The van der Waals surface area contributed by atoms with Gasteiger partial charge in [-0.25, -0.2) is 4.39 Å². The third-order valence-corrected chi connectivity index (χ3v) is 3.49. The second kappa shape index (κ2) is 5.48. The van der Waals surface area contributed by atoms with E-state index in [2.05, 4.69) is 0 Å². The number of likely N-dealkylation sites (tertiary alicyclic amines) is 1. The van der Waals surface area contributed by atoms with Crippen molar-refractivity contribution in [3.8, 4) is 0 Å². The van der Waals surface area contributed by atoms with Crippen LogP contribution in [-0.2, 0) is 4.79 Å². The van der Waals surface area contributed by atoms with Crippen molar-refractivity contribution in [3.05, 3.63) is 35.6 Å². The van der Waals surface area contributed by atoms with Gasteiger partial charge in [0.2, 0.25) is 5.91 Å². The number of amides is 1. The zero-order valence-electron chi connectivity index (χ0n) is 10.6. The van der Waals surface area contributed by atoms with Gasteiger partial charge in [-0.3, -0.25) is 4.79 Å². The largest absolute Gasteiger partial charge is 0.341 e. The van der Waals surface area contributed by atoms with E-state index < -0.39 is 0 Å². The Morgan fingerprint density at radius 1 is 1.56 bits per heavy atom. The normalized spacial score (nSPS) is 22.1. The fourth-order valence-corrected chi connectivity index (χ4v) is 2.40. The number of rotatable bonds is 3. The van der Waals surface area contributed by atoms with E-state index in [0.29, 0.717) is 6.54 Å². The lowest BCUT2D eigenvalue weighted by Crippen LogP contribution is -2.43. The highest BCUT2D eigenvalue weighted by molar-refractivity contribution is 5.79. The van der Waals surface area contributed by atoms with Gasteiger partial charge in [0.25, 0.3) is 0 Å². The second-order valence-corrected chi connectivity index (χ2v) is 4.99. The lowest BCUT2D eigenvalue weighted by Gasteiger charge is -2.32. The summed E-state index contributed by atoms with van der Waals surface area (Å²) >= 11 is 0. The number of nitrogens with two attached hydrogens (primary N) is 1. The van der Waals surface area contributed by atoms with Crippen LogP contribution in [0.15, 0.2) is 24.3 Å². The lowest BCUT2D eigenvalue weighted by molar-refractivity contribution is -0.138. The Bertz CT molecular complexity index is 436. The molecule has 0 aliphatic carbocycles. The van der Waals surface area contributed by atoms with E-state index in [1.54, 1.807) is 17.0 Å². The summed E-state index contributed by atoms with van der Waals surface area (Å²) in [6, 6.07) is 5.94. The molecular weight excluding hydrogens is 231 g/mol. The van der Waals surface area contributed by atoms with E-state index in [1.807, 2.05) is 6.92 Å². The minimum absolute atomic E-state index is 0.0819. The molecule has 1 saturated heterocycles. The maximum Gasteiger partial charge on any atom is 0.225 e. The molecule has 2 unspecified atom stereocenters. The molecule has 0 radical (unpaired) electrons. The Morgan fingerprint density at radius 2 is 2.33 bits per heavy atom. The third kappa shape index (κ3) is 2.88. The first-order valence-electron chi connectivity index (χ1n) is 6.38. The first kappa shape index (κ1) is 13.0. The highest BCUT2D eigenvalue weighted by atomic mass is 19.1. The molecule has 2 N–H and O–H groups in total. The fourth-order valence-electron chi connectivity index (χ4n) is 2.40. The van der Waals surface area contributed by atoms with E-state index in [9.17, 15) is 9.18 Å². The van der Waals surface area contributed by atoms with Crippen molar-refractivity contribution in [2.45, 2.75) is 25.8 Å². The summed E-state index contributed by atoms with van der Waals surface area (Å²) in [6.07, 6.45) is 1.97. The number of carbonyl (C=O) groups excluding carboxylic acids is 1. The summed E-state index contributed by atoms with van der Waals surface area (Å²) in [7, 11) is 0. The Balaban J connectivity index is 2.02. The molecule has 3 nitrogen and oxygen atoms in total. The van der Waals surface area contributed by atoms with Gasteiger partial charge in [0, 0.05) is 25.0 Å². The Kier molecular flexibility index (Phi) is 3.97. The van der Waals surface area contributed by atoms with Gasteiger partial charge in [0.05, 0.1) is 0 Å². The van der Waals surface area contributed by atoms with Crippen molar-refractivity contribution >= 4 is 5.91 Å². The lowest BCUT2D eigenvalue weighted by atomic mass is 9.98. The van der Waals surface area contributed by atoms with Crippen molar-refractivity contribution in [2.75, 3.05) is 13.1 Å². The van der Waals surface area contributed by atoms with Crippen LogP contribution in [0.3, 0.4) is 0 Å². The van der Waals surface area contributed by atoms with Gasteiger partial charge in [0.1, 0.15) is 5.82 Å². The van der Waals surface area contributed by atoms with Gasteiger partial charge in [-0.1, -0.05) is 19.1 Å². The SMILES string of the molecule is CC1CCCN(CC(N)c2cccc(F)c2)C1=O. The molecule has 2 rings (SSSR count). The average molecular weight is 250 g/mol. The molecule has 1 aromatic carbocycles. The van der Waals surface area contributed by atoms with Crippen LogP contribution in [0.4, 0.5) is 4.39 Å². The summed E-state index contributed by atoms with van der Waals surface area (Å²) in [5.74, 6) is -0.0483. The predicted molar refractivity (Wildman–Crippen MR) is 68.3 cm³/mol. The van der Waals surface area contributed by atoms with Crippen LogP contribution < -0.4 is 5.73 Å². The number of carbonyl (C=O) groups is 1. The van der Waals surface area contributed by atoms with Crippen LogP contribution in [-0.4, -0.2) is 23.9 Å². The standard InChI is InChI=1S/C14H19FN2O/c1-10-4-3-7-17(14(10)18)9-13(16)11-5-2-6-12(15)8-11/h2,5-6,8,10,13H,3-4,7,9,16H2,1H3. The monoisotopic (exact) mass is 250 g/mol. The number of benzene rings is 1. The highest BCUT2D eigenvalue weighted by Gasteiger charge is 2.26. The van der Waals surface area contributed by atoms with E-state index in [1.165, 1.54) is 12.1 Å². The summed E-state index contributed by atoms with van der Waals surface area (Å²) in [5, 5.41) is 0. The molecule has 1 amide bonds. The second-order valence-electron chi connectivity index (χ2n) is 4.99. The molecule has 1 heterocycles. The van der Waals surface area contributed by atoms with Gasteiger partial charge < -0.3 is 10.6 Å². The molecule has 0 spiro atoms. The predicted octanol–water partition coefficient (Wildman–Crippen LogP) is 2.08. The number of hydrogen-bond acceptors (Lipinski definition) is 2. The van der Waals surface area contributed by atoms with Gasteiger partial charge >= 0.3 is 0 Å². The van der Waals surface area contributed by atoms with E-state index >= 15 is 0 Å². The smallest absolute Gasteiger partial charge is 0.225 e. The van der Waals surface area contributed by atoms with Crippen LogP contribution >= 0.6 is 0 Å². The summed E-state index contributed by atoms with van der Waals surface area (Å²) < 4.78 is 13.1. The van der Waals surface area contributed by atoms with Gasteiger partial charge in [-0.05, 0) is 30.5 Å². The molecule has 2 atom stereocenters. The van der Waals surface area contributed by atoms with Crippen molar-refractivity contribution in [1.29, 1.82) is 0 Å². The van der Waals surface area contributed by atoms with Crippen LogP contribution in [0.1, 0.15) is 31.4 Å². The minimum atomic E-state index is -0.324. The van der Waals surface area contributed by atoms with E-state index in [0.717, 1.165) is 24.9 Å². The van der Waals surface area contributed by atoms with E-state index in [-0.39, 0.29) is 23.7 Å². The zero-order valence-corrected chi connectivity index (χ0v) is 10.6. The summed E-state index contributed by atoms with van der Waals surface area (Å²) in [6.45, 7) is 3.17. The molecule has 1 aliphatic rings. The van der Waals surface area contributed by atoms with Crippen molar-refractivity contribution in [1.82, 2.24) is 4.90 Å². The van der Waals surface area contributed by atoms with Crippen LogP contribution in [0.5, 0.6) is 0 Å². The molecule has 98 valence electrons. The van der Waals surface area contributed by atoms with Gasteiger partial charge in [-0.2, -0.15) is 0 Å². The van der Waals surface area contributed by atoms with Gasteiger partial charge in [-0.15, -0.1) is 0 Å². The van der Waals surface area contributed by atoms with Crippen LogP contribution in [0.2, 0.25) is 0 Å². The van der Waals surface area contributed by atoms with E-state index in [4.69, 9.17) is 5.73 Å². The average Bonchev–Trinajstić information content (AvgIpc) is 2.35. The topological polar surface area (TPSA) is 46.3 Å². The molecule has 4 heteroatoms. The zero-order chi connectivity index (χ0) is 13.1.